The molecule has 1 N–H and O–H groups in total. The first-order chi connectivity index (χ1) is 6.26. The topological polar surface area (TPSA) is 15.3 Å². The van der Waals surface area contributed by atoms with Crippen LogP contribution in [0.5, 0.6) is 0 Å². The first-order valence-electron chi connectivity index (χ1n) is 4.70. The molecule has 0 aliphatic rings. The average molecular weight is 180 g/mol. The predicted molar refractivity (Wildman–Crippen MR) is 58.6 cm³/mol. The van der Waals surface area contributed by atoms with Gasteiger partial charge in [0, 0.05) is 13.6 Å². The van der Waals surface area contributed by atoms with Crippen LogP contribution < -0.4 is 5.32 Å². The molecule has 0 atom stereocenters. The van der Waals surface area contributed by atoms with Gasteiger partial charge in [-0.25, -0.2) is 0 Å². The van der Waals surface area contributed by atoms with E-state index in [0.29, 0.717) is 0 Å². The Morgan fingerprint density at radius 3 is 2.77 bits per heavy atom. The first kappa shape index (κ1) is 12.0. The lowest BCUT2D eigenvalue weighted by Crippen LogP contribution is -2.22. The highest BCUT2D eigenvalue weighted by molar-refractivity contribution is 5.12. The van der Waals surface area contributed by atoms with Crippen LogP contribution in [0.25, 0.3) is 0 Å². The molecule has 0 radical (unpaired) electrons. The van der Waals surface area contributed by atoms with E-state index in [1.54, 1.807) is 6.08 Å². The molecule has 0 fully saturated rings. The van der Waals surface area contributed by atoms with Crippen molar-refractivity contribution >= 4 is 0 Å². The Bertz CT molecular complexity index is 190. The zero-order valence-corrected chi connectivity index (χ0v) is 8.77. The Labute approximate surface area is 81.6 Å². The van der Waals surface area contributed by atoms with Gasteiger partial charge in [-0.1, -0.05) is 20.1 Å². The highest BCUT2D eigenvalue weighted by atomic mass is 15.1. The molecule has 0 saturated heterocycles. The van der Waals surface area contributed by atoms with Crippen molar-refractivity contribution in [3.05, 3.63) is 30.7 Å². The molecule has 2 nitrogen and oxygen atoms in total. The molecule has 0 bridgehead atoms. The first-order valence-corrected chi connectivity index (χ1v) is 4.70. The van der Waals surface area contributed by atoms with Crippen LogP contribution in [-0.2, 0) is 0 Å². The van der Waals surface area contributed by atoms with Crippen LogP contribution >= 0.6 is 0 Å². The van der Waals surface area contributed by atoms with Crippen LogP contribution in [-0.4, -0.2) is 31.6 Å². The number of likely N-dealkylation sites (N-methyl/N-ethyl adjacent to an activating group) is 1. The smallest absolute Gasteiger partial charge is 0.0785 e. The number of rotatable bonds is 7. The summed E-state index contributed by atoms with van der Waals surface area (Å²) in [5, 5.41) is 3.28. The highest BCUT2D eigenvalue weighted by Gasteiger charge is 1.97. The van der Waals surface area contributed by atoms with E-state index in [2.05, 4.69) is 36.0 Å². The third kappa shape index (κ3) is 5.29. The fourth-order valence-electron chi connectivity index (χ4n) is 1.10. The number of hydrogen-bond donors (Lipinski definition) is 1. The lowest BCUT2D eigenvalue weighted by atomic mass is 10.3. The minimum absolute atomic E-state index is 0.969. The van der Waals surface area contributed by atoms with Crippen LogP contribution in [0.2, 0.25) is 0 Å². The third-order valence-electron chi connectivity index (χ3n) is 1.88. The van der Waals surface area contributed by atoms with Gasteiger partial charge in [-0.2, -0.15) is 0 Å². The standard InChI is InChI=1S/C11H20N2/c1-5-11(6-2)13(4)10-8-9-12-7-3/h5,12H,1-2,7-10H2,3-4H3. The molecule has 13 heavy (non-hydrogen) atoms. The fourth-order valence-corrected chi connectivity index (χ4v) is 1.10. The third-order valence-corrected chi connectivity index (χ3v) is 1.88. The number of nitrogens with zero attached hydrogens (tertiary/aromatic N) is 1. The second-order valence-corrected chi connectivity index (χ2v) is 2.89. The number of hydrogen-bond acceptors (Lipinski definition) is 2. The van der Waals surface area contributed by atoms with Gasteiger partial charge in [-0.05, 0) is 25.6 Å². The van der Waals surface area contributed by atoms with Gasteiger partial charge in [0.1, 0.15) is 0 Å². The summed E-state index contributed by atoms with van der Waals surface area (Å²) in [7, 11) is 2.03. The van der Waals surface area contributed by atoms with E-state index in [-0.39, 0.29) is 0 Å². The molecule has 74 valence electrons. The zero-order valence-electron chi connectivity index (χ0n) is 8.77. The van der Waals surface area contributed by atoms with Crippen molar-refractivity contribution in [1.29, 1.82) is 0 Å². The Morgan fingerprint density at radius 1 is 1.62 bits per heavy atom. The van der Waals surface area contributed by atoms with E-state index in [0.717, 1.165) is 31.8 Å². The van der Waals surface area contributed by atoms with Gasteiger partial charge in [0.25, 0.3) is 0 Å². The lowest BCUT2D eigenvalue weighted by Gasteiger charge is -2.18. The zero-order chi connectivity index (χ0) is 10.1. The Morgan fingerprint density at radius 2 is 2.31 bits per heavy atom. The quantitative estimate of drug-likeness (QED) is 0.365. The molecular weight excluding hydrogens is 160 g/mol. The Balaban J connectivity index is 3.67. The molecule has 0 aliphatic heterocycles. The van der Waals surface area contributed by atoms with Crippen molar-refractivity contribution in [3.63, 3.8) is 0 Å². The lowest BCUT2D eigenvalue weighted by molar-refractivity contribution is 0.416. The normalized spacial score (nSPS) is 9.08. The monoisotopic (exact) mass is 180 g/mol. The summed E-state index contributed by atoms with van der Waals surface area (Å²) in [6, 6.07) is 0. The van der Waals surface area contributed by atoms with E-state index in [1.165, 1.54) is 0 Å². The summed E-state index contributed by atoms with van der Waals surface area (Å²) >= 11 is 0. The SMILES string of the molecule is C=C=C(C=C)N(C)CCCNCC. The largest absolute Gasteiger partial charge is 0.368 e. The fraction of sp³-hybridized carbons (Fsp3) is 0.545. The van der Waals surface area contributed by atoms with Crippen molar-refractivity contribution in [1.82, 2.24) is 10.2 Å². The molecule has 0 aromatic carbocycles. The maximum atomic E-state index is 3.70. The van der Waals surface area contributed by atoms with Crippen molar-refractivity contribution in [2.24, 2.45) is 0 Å². The van der Waals surface area contributed by atoms with Crippen molar-refractivity contribution < 1.29 is 0 Å². The molecule has 0 aromatic heterocycles. The predicted octanol–water partition coefficient (Wildman–Crippen LogP) is 1.77. The minimum atomic E-state index is 0.969. The van der Waals surface area contributed by atoms with Crippen molar-refractivity contribution in [3.8, 4) is 0 Å². The summed E-state index contributed by atoms with van der Waals surface area (Å²) in [4.78, 5) is 2.11. The molecule has 0 heterocycles. The van der Waals surface area contributed by atoms with Gasteiger partial charge in [0.2, 0.25) is 0 Å². The molecule has 0 aromatic rings. The van der Waals surface area contributed by atoms with Gasteiger partial charge in [0.05, 0.1) is 5.70 Å². The van der Waals surface area contributed by atoms with E-state index in [9.17, 15) is 0 Å². The van der Waals surface area contributed by atoms with Gasteiger partial charge >= 0.3 is 0 Å². The summed E-state index contributed by atoms with van der Waals surface area (Å²) in [6.45, 7) is 12.5. The van der Waals surface area contributed by atoms with E-state index >= 15 is 0 Å². The van der Waals surface area contributed by atoms with Crippen LogP contribution in [0.3, 0.4) is 0 Å². The van der Waals surface area contributed by atoms with E-state index in [4.69, 9.17) is 0 Å². The highest BCUT2D eigenvalue weighted by Crippen LogP contribution is 2.00. The van der Waals surface area contributed by atoms with E-state index < -0.39 is 0 Å². The van der Waals surface area contributed by atoms with Crippen molar-refractivity contribution in [2.45, 2.75) is 13.3 Å². The van der Waals surface area contributed by atoms with Gasteiger partial charge in [-0.15, -0.1) is 5.73 Å². The molecule has 0 aliphatic carbocycles. The Kier molecular flexibility index (Phi) is 7.08. The second kappa shape index (κ2) is 7.66. The molecule has 0 saturated carbocycles. The second-order valence-electron chi connectivity index (χ2n) is 2.89. The molecule has 0 spiro atoms. The van der Waals surface area contributed by atoms with Crippen LogP contribution in [0.15, 0.2) is 30.7 Å². The maximum Gasteiger partial charge on any atom is 0.0785 e. The van der Waals surface area contributed by atoms with Gasteiger partial charge < -0.3 is 10.2 Å². The van der Waals surface area contributed by atoms with Gasteiger partial charge in [0.15, 0.2) is 0 Å². The minimum Gasteiger partial charge on any atom is -0.368 e. The van der Waals surface area contributed by atoms with Crippen LogP contribution in [0.4, 0.5) is 0 Å². The van der Waals surface area contributed by atoms with Gasteiger partial charge in [-0.3, -0.25) is 0 Å². The van der Waals surface area contributed by atoms with Crippen LogP contribution in [0, 0.1) is 0 Å². The summed E-state index contributed by atoms with van der Waals surface area (Å²) in [5.74, 6) is 0. The summed E-state index contributed by atoms with van der Waals surface area (Å²) in [5.41, 5.74) is 3.82. The average Bonchev–Trinajstić information content (AvgIpc) is 2.14. The molecule has 0 amide bonds. The molecular formula is C11H20N2. The summed E-state index contributed by atoms with van der Waals surface area (Å²) in [6.07, 6.45) is 2.91. The van der Waals surface area contributed by atoms with Crippen LogP contribution in [0.1, 0.15) is 13.3 Å². The van der Waals surface area contributed by atoms with E-state index in [1.807, 2.05) is 7.05 Å². The summed E-state index contributed by atoms with van der Waals surface area (Å²) < 4.78 is 0. The molecule has 0 unspecified atom stereocenters. The number of allylic oxidation sites excluding steroid dienone is 1. The number of nitrogens with one attached hydrogen (secondary N) is 1. The molecule has 0 rings (SSSR count). The molecule has 2 heteroatoms. The Hall–Kier alpha value is -0.980. The van der Waals surface area contributed by atoms with Crippen molar-refractivity contribution in [2.75, 3.05) is 26.7 Å². The maximum absolute atomic E-state index is 3.70.